The third-order valence-corrected chi connectivity index (χ3v) is 7.30. The predicted molar refractivity (Wildman–Crippen MR) is 147 cm³/mol. The highest BCUT2D eigenvalue weighted by Crippen LogP contribution is 2.58. The lowest BCUT2D eigenvalue weighted by atomic mass is 9.81. The molecule has 8 N–H and O–H groups in total. The maximum Gasteiger partial charge on any atom is 0.227 e. The number of nitrogens with one attached hydrogen (secondary N) is 4. The van der Waals surface area contributed by atoms with Crippen molar-refractivity contribution >= 4 is 23.8 Å². The van der Waals surface area contributed by atoms with Crippen molar-refractivity contribution < 1.29 is 20.4 Å². The fourth-order valence-corrected chi connectivity index (χ4v) is 5.46. The van der Waals surface area contributed by atoms with Gasteiger partial charge in [-0.2, -0.15) is 29.9 Å². The van der Waals surface area contributed by atoms with Crippen molar-refractivity contribution in [3.05, 3.63) is 11.6 Å². The van der Waals surface area contributed by atoms with Gasteiger partial charge in [0.15, 0.2) is 0 Å². The van der Waals surface area contributed by atoms with Crippen molar-refractivity contribution in [2.24, 2.45) is 11.8 Å². The van der Waals surface area contributed by atoms with Crippen LogP contribution in [0.25, 0.3) is 0 Å². The topological polar surface area (TPSA) is 206 Å². The second-order valence-electron chi connectivity index (χ2n) is 10.1. The van der Waals surface area contributed by atoms with Crippen molar-refractivity contribution in [1.29, 1.82) is 0 Å². The molecule has 2 heterocycles. The van der Waals surface area contributed by atoms with Crippen molar-refractivity contribution in [1.82, 2.24) is 29.9 Å². The molecule has 39 heavy (non-hydrogen) atoms. The fourth-order valence-electron chi connectivity index (χ4n) is 5.46. The Bertz CT molecular complexity index is 896. The Morgan fingerprint density at radius 1 is 0.462 bits per heavy atom. The molecular formula is C25H42N10O4. The lowest BCUT2D eigenvalue weighted by molar-refractivity contribution is 0.292. The fraction of sp³-hybridized carbons (Fsp3) is 0.760. The monoisotopic (exact) mass is 546 g/mol. The average molecular weight is 547 g/mol. The van der Waals surface area contributed by atoms with E-state index in [0.29, 0.717) is 87.5 Å². The normalized spacial score (nSPS) is 21.7. The van der Waals surface area contributed by atoms with Crippen LogP contribution >= 0.6 is 0 Å². The molecule has 2 aromatic heterocycles. The summed E-state index contributed by atoms with van der Waals surface area (Å²) >= 11 is 0. The lowest BCUT2D eigenvalue weighted by Gasteiger charge is -2.27. The molecule has 14 heteroatoms. The molecule has 4 unspecified atom stereocenters. The summed E-state index contributed by atoms with van der Waals surface area (Å²) in [5.41, 5.74) is 0. The summed E-state index contributed by atoms with van der Waals surface area (Å²) in [5, 5.41) is 49.3. The molecule has 0 radical (unpaired) electrons. The maximum atomic E-state index is 9.13. The van der Waals surface area contributed by atoms with E-state index in [9.17, 15) is 0 Å². The number of rotatable bonds is 18. The smallest absolute Gasteiger partial charge is 0.227 e. The zero-order valence-electron chi connectivity index (χ0n) is 22.4. The minimum Gasteiger partial charge on any atom is -0.396 e. The first-order valence-corrected chi connectivity index (χ1v) is 14.1. The second kappa shape index (κ2) is 15.0. The number of aromatic nitrogens is 6. The van der Waals surface area contributed by atoms with Crippen LogP contribution < -0.4 is 21.3 Å². The Morgan fingerprint density at radius 3 is 1.03 bits per heavy atom. The predicted octanol–water partition coefficient (Wildman–Crippen LogP) is 0.531. The molecule has 0 aliphatic heterocycles. The Hall–Kier alpha value is -2.94. The zero-order valence-corrected chi connectivity index (χ0v) is 22.4. The third-order valence-electron chi connectivity index (χ3n) is 7.30. The Labute approximate surface area is 228 Å². The van der Waals surface area contributed by atoms with Crippen LogP contribution in [0.4, 0.5) is 23.8 Å². The SMILES string of the molecule is OCCCNc1nc(NCCCO)nc(C2CC3CC2CC3c2nc(NCCCO)nc(NCCCO)n2)n1. The van der Waals surface area contributed by atoms with Crippen molar-refractivity contribution in [3.8, 4) is 0 Å². The summed E-state index contributed by atoms with van der Waals surface area (Å²) in [7, 11) is 0. The zero-order chi connectivity index (χ0) is 27.5. The Kier molecular flexibility index (Phi) is 11.2. The minimum absolute atomic E-state index is 0.0920. The average Bonchev–Trinajstić information content (AvgIpc) is 3.55. The summed E-state index contributed by atoms with van der Waals surface area (Å²) < 4.78 is 0. The number of aliphatic hydroxyl groups excluding tert-OH is 4. The molecule has 216 valence electrons. The molecule has 2 fully saturated rings. The first kappa shape index (κ1) is 29.1. The highest BCUT2D eigenvalue weighted by molar-refractivity contribution is 5.37. The van der Waals surface area contributed by atoms with Gasteiger partial charge in [-0.25, -0.2) is 0 Å². The quantitative estimate of drug-likeness (QED) is 0.120. The number of nitrogens with zero attached hydrogens (tertiary/aromatic N) is 6. The molecule has 4 atom stereocenters. The molecule has 2 bridgehead atoms. The summed E-state index contributed by atoms with van der Waals surface area (Å²) in [6, 6.07) is 0. The summed E-state index contributed by atoms with van der Waals surface area (Å²) in [4.78, 5) is 27.9. The van der Waals surface area contributed by atoms with Gasteiger partial charge in [-0.3, -0.25) is 0 Å². The van der Waals surface area contributed by atoms with Gasteiger partial charge in [0.1, 0.15) is 11.6 Å². The van der Waals surface area contributed by atoms with E-state index in [-0.39, 0.29) is 38.3 Å². The van der Waals surface area contributed by atoms with Crippen LogP contribution in [0.3, 0.4) is 0 Å². The number of fused-ring (bicyclic) bond motifs is 2. The van der Waals surface area contributed by atoms with Crippen LogP contribution in [-0.2, 0) is 0 Å². The molecule has 2 aromatic rings. The van der Waals surface area contributed by atoms with Crippen LogP contribution in [-0.4, -0.2) is 103 Å². The van der Waals surface area contributed by atoms with Crippen LogP contribution in [0.2, 0.25) is 0 Å². The largest absolute Gasteiger partial charge is 0.396 e. The van der Waals surface area contributed by atoms with Gasteiger partial charge in [0.2, 0.25) is 23.8 Å². The van der Waals surface area contributed by atoms with E-state index < -0.39 is 0 Å². The highest BCUT2D eigenvalue weighted by atomic mass is 16.3. The highest BCUT2D eigenvalue weighted by Gasteiger charge is 2.49. The van der Waals surface area contributed by atoms with Gasteiger partial charge >= 0.3 is 0 Å². The van der Waals surface area contributed by atoms with E-state index in [4.69, 9.17) is 40.4 Å². The molecule has 0 spiro atoms. The van der Waals surface area contributed by atoms with Gasteiger partial charge in [-0.15, -0.1) is 0 Å². The Balaban J connectivity index is 1.48. The minimum atomic E-state index is 0.0920. The molecule has 4 rings (SSSR count). The Morgan fingerprint density at radius 2 is 0.769 bits per heavy atom. The summed E-state index contributed by atoms with van der Waals surface area (Å²) in [5.74, 6) is 4.71. The van der Waals surface area contributed by atoms with Crippen LogP contribution in [0.5, 0.6) is 0 Å². The molecule has 2 aliphatic rings. The molecule has 2 saturated carbocycles. The molecule has 0 saturated heterocycles. The van der Waals surface area contributed by atoms with Crippen LogP contribution in [0.15, 0.2) is 0 Å². The molecule has 14 nitrogen and oxygen atoms in total. The van der Waals surface area contributed by atoms with E-state index in [0.717, 1.165) is 30.9 Å². The van der Waals surface area contributed by atoms with E-state index in [1.54, 1.807) is 0 Å². The first-order valence-electron chi connectivity index (χ1n) is 14.1. The van der Waals surface area contributed by atoms with Gasteiger partial charge in [0.05, 0.1) is 0 Å². The molecule has 0 aromatic carbocycles. The number of aliphatic hydroxyl groups is 4. The van der Waals surface area contributed by atoms with Gasteiger partial charge in [0.25, 0.3) is 0 Å². The summed E-state index contributed by atoms with van der Waals surface area (Å²) in [6.45, 7) is 2.64. The first-order chi connectivity index (χ1) is 19.1. The van der Waals surface area contributed by atoms with Gasteiger partial charge < -0.3 is 41.7 Å². The molecular weight excluding hydrogens is 504 g/mol. The van der Waals surface area contributed by atoms with Gasteiger partial charge in [-0.05, 0) is 56.8 Å². The van der Waals surface area contributed by atoms with Gasteiger partial charge in [-0.1, -0.05) is 0 Å². The molecule has 2 aliphatic carbocycles. The number of hydrogen-bond donors (Lipinski definition) is 8. The van der Waals surface area contributed by atoms with Crippen LogP contribution in [0.1, 0.15) is 68.4 Å². The molecule has 0 amide bonds. The van der Waals surface area contributed by atoms with Crippen molar-refractivity contribution in [3.63, 3.8) is 0 Å². The third kappa shape index (κ3) is 8.03. The van der Waals surface area contributed by atoms with Gasteiger partial charge in [0, 0.05) is 64.4 Å². The second-order valence-corrected chi connectivity index (χ2v) is 10.1. The van der Waals surface area contributed by atoms with Crippen molar-refractivity contribution in [2.45, 2.75) is 56.8 Å². The summed E-state index contributed by atoms with van der Waals surface area (Å²) in [6.07, 6.45) is 5.31. The van der Waals surface area contributed by atoms with E-state index in [1.807, 2.05) is 0 Å². The maximum absolute atomic E-state index is 9.13. The van der Waals surface area contributed by atoms with E-state index >= 15 is 0 Å². The standard InChI is InChI=1S/C25H42N10O4/c36-9-1-5-26-22-30-20(31-23(34-22)27-6-2-10-37)18-14-17-13-16(18)15-19(17)21-32-24(28-7-3-11-38)35-25(33-21)29-8-4-12-39/h16-19,36-39H,1-15H2,(H2,26,27,30,31,34)(H2,28,29,32,33,35). The van der Waals surface area contributed by atoms with E-state index in [1.165, 1.54) is 0 Å². The number of anilines is 4. The lowest BCUT2D eigenvalue weighted by Crippen LogP contribution is -2.22. The number of hydrogen-bond acceptors (Lipinski definition) is 14. The van der Waals surface area contributed by atoms with Crippen molar-refractivity contribution in [2.75, 3.05) is 73.9 Å². The van der Waals surface area contributed by atoms with Crippen LogP contribution in [0, 0.1) is 11.8 Å². The van der Waals surface area contributed by atoms with E-state index in [2.05, 4.69) is 31.2 Å².